The number of benzene rings is 2. The van der Waals surface area contributed by atoms with Crippen LogP contribution in [0.4, 0.5) is 21.6 Å². The van der Waals surface area contributed by atoms with Crippen molar-refractivity contribution in [3.63, 3.8) is 0 Å². The molecular weight excluding hydrogens is 447 g/mol. The first-order valence-electron chi connectivity index (χ1n) is 11.5. The molecule has 0 unspecified atom stereocenters. The second-order valence-electron chi connectivity index (χ2n) is 9.38. The van der Waals surface area contributed by atoms with Crippen LogP contribution in [0.2, 0.25) is 0 Å². The van der Waals surface area contributed by atoms with Gasteiger partial charge < -0.3 is 16.0 Å². The number of halogens is 1. The van der Waals surface area contributed by atoms with Crippen molar-refractivity contribution in [2.24, 2.45) is 18.7 Å². The highest BCUT2D eigenvalue weighted by molar-refractivity contribution is 6.03. The van der Waals surface area contributed by atoms with Gasteiger partial charge in [0, 0.05) is 56.1 Å². The lowest BCUT2D eigenvalue weighted by molar-refractivity contribution is 0.0927. The van der Waals surface area contributed by atoms with Crippen LogP contribution in [0.1, 0.15) is 38.1 Å². The first-order chi connectivity index (χ1) is 16.6. The minimum atomic E-state index is -0.482. The molecule has 0 amide bonds. The highest BCUT2D eigenvalue weighted by Crippen LogP contribution is 2.34. The molecule has 0 spiro atoms. The number of hydrogen-bond donors (Lipinski definition) is 2. The van der Waals surface area contributed by atoms with E-state index >= 15 is 0 Å². The summed E-state index contributed by atoms with van der Waals surface area (Å²) in [6.45, 7) is 8.89. The van der Waals surface area contributed by atoms with Gasteiger partial charge in [-0.1, -0.05) is 13.8 Å². The lowest BCUT2D eigenvalue weighted by atomic mass is 10.1. The number of aromatic nitrogens is 4. The Hall–Kier alpha value is -3.97. The topological polar surface area (TPSA) is 118 Å². The number of nitriles is 1. The number of fused-ring (bicyclic) bond motifs is 2. The van der Waals surface area contributed by atoms with E-state index in [9.17, 15) is 14.4 Å². The number of anilines is 3. The zero-order valence-electron chi connectivity index (χ0n) is 20.5. The van der Waals surface area contributed by atoms with E-state index < -0.39 is 5.82 Å². The summed E-state index contributed by atoms with van der Waals surface area (Å²) in [6.07, 6.45) is 1.71. The summed E-state index contributed by atoms with van der Waals surface area (Å²) < 4.78 is 17.4. The molecule has 182 valence electrons. The van der Waals surface area contributed by atoms with Gasteiger partial charge in [0.15, 0.2) is 11.6 Å². The standard InChI is InChI=1S/C25H29FN8O/c1-14(2)11-33(12-15(3)28)20-7-17(10-27)23-22(9-20)34(16(4)35)31-25(23)29-19-6-18-13-32(5)30-24(18)21(26)8-19/h6-9,13-15H,11-12,28H2,1-5H3,(H,29,31)/t15-/m0/s1. The molecule has 2 aromatic carbocycles. The summed E-state index contributed by atoms with van der Waals surface area (Å²) >= 11 is 0. The van der Waals surface area contributed by atoms with Gasteiger partial charge in [-0.3, -0.25) is 9.48 Å². The Bertz CT molecular complexity index is 1450. The van der Waals surface area contributed by atoms with Gasteiger partial charge in [0.1, 0.15) is 11.6 Å². The zero-order valence-corrected chi connectivity index (χ0v) is 20.5. The van der Waals surface area contributed by atoms with Crippen molar-refractivity contribution in [2.75, 3.05) is 23.3 Å². The Labute approximate surface area is 202 Å². The molecule has 1 atom stereocenters. The van der Waals surface area contributed by atoms with Crippen LogP contribution in [-0.4, -0.2) is 44.6 Å². The minimum absolute atomic E-state index is 0.0813. The van der Waals surface area contributed by atoms with Crippen molar-refractivity contribution in [1.82, 2.24) is 19.6 Å². The van der Waals surface area contributed by atoms with Crippen LogP contribution in [0.25, 0.3) is 21.8 Å². The summed E-state index contributed by atoms with van der Waals surface area (Å²) in [5.74, 6) is -0.129. The molecule has 0 aliphatic heterocycles. The molecule has 9 nitrogen and oxygen atoms in total. The lowest BCUT2D eigenvalue weighted by Crippen LogP contribution is -2.37. The van der Waals surface area contributed by atoms with E-state index in [-0.39, 0.29) is 17.5 Å². The highest BCUT2D eigenvalue weighted by atomic mass is 19.1. The molecule has 0 fully saturated rings. The summed E-state index contributed by atoms with van der Waals surface area (Å²) in [7, 11) is 1.72. The molecule has 0 saturated heterocycles. The second kappa shape index (κ2) is 9.35. The monoisotopic (exact) mass is 476 g/mol. The predicted octanol–water partition coefficient (Wildman–Crippen LogP) is 4.15. The van der Waals surface area contributed by atoms with Crippen molar-refractivity contribution in [3.05, 3.63) is 41.8 Å². The average Bonchev–Trinajstić information content (AvgIpc) is 3.32. The summed E-state index contributed by atoms with van der Waals surface area (Å²) in [6, 6.07) is 8.87. The van der Waals surface area contributed by atoms with Crippen molar-refractivity contribution in [2.45, 2.75) is 33.7 Å². The van der Waals surface area contributed by atoms with Crippen LogP contribution in [0.5, 0.6) is 0 Å². The molecule has 0 saturated carbocycles. The number of rotatable bonds is 7. The van der Waals surface area contributed by atoms with E-state index in [1.165, 1.54) is 22.4 Å². The quantitative estimate of drug-likeness (QED) is 0.411. The number of nitrogens with two attached hydrogens (primary N) is 1. The number of carbonyl (C=O) groups is 1. The Morgan fingerprint density at radius 2 is 1.97 bits per heavy atom. The maximum Gasteiger partial charge on any atom is 0.244 e. The van der Waals surface area contributed by atoms with E-state index in [0.717, 1.165) is 12.2 Å². The molecule has 35 heavy (non-hydrogen) atoms. The fraction of sp³-hybridized carbons (Fsp3) is 0.360. The Balaban J connectivity index is 1.87. The van der Waals surface area contributed by atoms with Crippen molar-refractivity contribution in [1.29, 1.82) is 5.26 Å². The lowest BCUT2D eigenvalue weighted by Gasteiger charge is -2.28. The molecule has 3 N–H and O–H groups in total. The molecule has 4 rings (SSSR count). The first kappa shape index (κ1) is 24.2. The third-order valence-electron chi connectivity index (χ3n) is 5.58. The van der Waals surface area contributed by atoms with Gasteiger partial charge in [0.05, 0.1) is 16.5 Å². The average molecular weight is 477 g/mol. The van der Waals surface area contributed by atoms with Crippen molar-refractivity contribution >= 4 is 44.9 Å². The summed E-state index contributed by atoms with van der Waals surface area (Å²) in [4.78, 5) is 14.6. The van der Waals surface area contributed by atoms with Crippen LogP contribution < -0.4 is 16.0 Å². The zero-order chi connectivity index (χ0) is 25.4. The first-order valence-corrected chi connectivity index (χ1v) is 11.5. The molecule has 2 aromatic heterocycles. The van der Waals surface area contributed by atoms with E-state index in [4.69, 9.17) is 5.73 Å². The Morgan fingerprint density at radius 3 is 2.60 bits per heavy atom. The normalized spacial score (nSPS) is 12.3. The summed E-state index contributed by atoms with van der Waals surface area (Å²) in [5, 5.41) is 22.8. The van der Waals surface area contributed by atoms with E-state index in [1.54, 1.807) is 25.4 Å². The van der Waals surface area contributed by atoms with Gasteiger partial charge in [-0.25, -0.2) is 4.39 Å². The SMILES string of the molecule is CC(=O)n1nc(Nc2cc(F)c3nn(C)cc3c2)c2c(C#N)cc(N(CC(C)C)C[C@H](C)N)cc21. The van der Waals surface area contributed by atoms with Crippen LogP contribution in [0, 0.1) is 23.1 Å². The number of aryl methyl sites for hydroxylation is 1. The molecule has 0 aliphatic carbocycles. The smallest absolute Gasteiger partial charge is 0.244 e. The van der Waals surface area contributed by atoms with Crippen LogP contribution in [0.3, 0.4) is 0 Å². The number of nitrogens with zero attached hydrogens (tertiary/aromatic N) is 6. The highest BCUT2D eigenvalue weighted by Gasteiger charge is 2.21. The minimum Gasteiger partial charge on any atom is -0.370 e. The van der Waals surface area contributed by atoms with Crippen molar-refractivity contribution < 1.29 is 9.18 Å². The maximum atomic E-state index is 14.6. The molecule has 0 radical (unpaired) electrons. The fourth-order valence-electron chi connectivity index (χ4n) is 4.32. The van der Waals surface area contributed by atoms with Crippen molar-refractivity contribution in [3.8, 4) is 6.07 Å². The molecule has 4 aromatic rings. The van der Waals surface area contributed by atoms with Gasteiger partial charge in [0.2, 0.25) is 5.91 Å². The summed E-state index contributed by atoms with van der Waals surface area (Å²) in [5.41, 5.74) is 8.42. The van der Waals surface area contributed by atoms with E-state index in [1.807, 2.05) is 13.0 Å². The molecule has 2 heterocycles. The molecule has 0 aliphatic rings. The Morgan fingerprint density at radius 1 is 1.23 bits per heavy atom. The molecule has 0 bridgehead atoms. The third kappa shape index (κ3) is 4.81. The third-order valence-corrected chi connectivity index (χ3v) is 5.58. The number of carbonyl (C=O) groups excluding carboxylic acids is 1. The van der Waals surface area contributed by atoms with Crippen LogP contribution in [0.15, 0.2) is 30.5 Å². The van der Waals surface area contributed by atoms with Gasteiger partial charge in [-0.15, -0.1) is 5.10 Å². The van der Waals surface area contributed by atoms with Gasteiger partial charge >= 0.3 is 0 Å². The van der Waals surface area contributed by atoms with Gasteiger partial charge in [-0.05, 0) is 37.1 Å². The fourth-order valence-corrected chi connectivity index (χ4v) is 4.32. The van der Waals surface area contributed by atoms with Gasteiger partial charge in [0.25, 0.3) is 0 Å². The molecule has 10 heteroatoms. The van der Waals surface area contributed by atoms with E-state index in [2.05, 4.69) is 40.3 Å². The van der Waals surface area contributed by atoms with E-state index in [0.29, 0.717) is 45.8 Å². The largest absolute Gasteiger partial charge is 0.370 e. The second-order valence-corrected chi connectivity index (χ2v) is 9.38. The van der Waals surface area contributed by atoms with Crippen LogP contribution >= 0.6 is 0 Å². The molecular formula is C25H29FN8O. The number of nitrogens with one attached hydrogen (secondary N) is 1. The van der Waals surface area contributed by atoms with Crippen LogP contribution in [-0.2, 0) is 7.05 Å². The predicted molar refractivity (Wildman–Crippen MR) is 135 cm³/mol. The number of hydrogen-bond acceptors (Lipinski definition) is 7. The Kier molecular flexibility index (Phi) is 6.45. The van der Waals surface area contributed by atoms with Gasteiger partial charge in [-0.2, -0.15) is 15.0 Å². The maximum absolute atomic E-state index is 14.6.